The Hall–Kier alpha value is -0.0800. The molecule has 0 amide bonds. The monoisotopic (exact) mass is 250 g/mol. The van der Waals surface area contributed by atoms with Gasteiger partial charge in [-0.1, -0.05) is 19.3 Å². The summed E-state index contributed by atoms with van der Waals surface area (Å²) in [4.78, 5) is 2.83. The molecule has 0 aromatic heterocycles. The lowest BCUT2D eigenvalue weighted by Crippen LogP contribution is -2.37. The molecule has 18 heavy (non-hydrogen) atoms. The number of rotatable bonds is 4. The van der Waals surface area contributed by atoms with Gasteiger partial charge >= 0.3 is 0 Å². The van der Waals surface area contributed by atoms with Gasteiger partial charge in [-0.25, -0.2) is 0 Å². The molecule has 3 atom stereocenters. The van der Waals surface area contributed by atoms with Crippen LogP contribution in [-0.2, 0) is 0 Å². The van der Waals surface area contributed by atoms with E-state index in [1.54, 1.807) is 0 Å². The van der Waals surface area contributed by atoms with Crippen molar-refractivity contribution in [3.05, 3.63) is 0 Å². The van der Waals surface area contributed by atoms with Crippen molar-refractivity contribution >= 4 is 0 Å². The summed E-state index contributed by atoms with van der Waals surface area (Å²) in [5.74, 6) is 1.06. The molecule has 2 heterocycles. The highest BCUT2D eigenvalue weighted by Crippen LogP contribution is 2.36. The maximum Gasteiger partial charge on any atom is 0.0124 e. The van der Waals surface area contributed by atoms with Crippen molar-refractivity contribution in [2.75, 3.05) is 19.6 Å². The molecule has 2 aliphatic heterocycles. The van der Waals surface area contributed by atoms with Gasteiger partial charge in [-0.05, 0) is 70.5 Å². The van der Waals surface area contributed by atoms with Crippen molar-refractivity contribution in [2.24, 2.45) is 5.92 Å². The fraction of sp³-hybridized carbons (Fsp3) is 1.00. The summed E-state index contributed by atoms with van der Waals surface area (Å²) in [6.45, 7) is 4.03. The lowest BCUT2D eigenvalue weighted by Gasteiger charge is -2.32. The lowest BCUT2D eigenvalue weighted by molar-refractivity contribution is 0.177. The third-order valence-electron chi connectivity index (χ3n) is 5.54. The SMILES string of the molecule is C1CCC(CCCN2CCC3CCCCC32)NC1. The third-order valence-corrected chi connectivity index (χ3v) is 5.54. The summed E-state index contributed by atoms with van der Waals surface area (Å²) in [6.07, 6.45) is 14.6. The first kappa shape index (κ1) is 12.9. The van der Waals surface area contributed by atoms with Crippen LogP contribution in [0, 0.1) is 5.92 Å². The van der Waals surface area contributed by atoms with Crippen LogP contribution in [0.25, 0.3) is 0 Å². The standard InChI is InChI=1S/C16H30N2/c1-2-9-16-14(6-1)10-13-18(16)12-5-8-15-7-3-4-11-17-15/h14-17H,1-13H2. The Labute approximate surface area is 113 Å². The number of nitrogens with zero attached hydrogens (tertiary/aromatic N) is 1. The summed E-state index contributed by atoms with van der Waals surface area (Å²) >= 11 is 0. The Morgan fingerprint density at radius 1 is 0.944 bits per heavy atom. The van der Waals surface area contributed by atoms with Crippen LogP contribution in [0.3, 0.4) is 0 Å². The molecule has 0 bridgehead atoms. The summed E-state index contributed by atoms with van der Waals surface area (Å²) < 4.78 is 0. The van der Waals surface area contributed by atoms with Crippen LogP contribution >= 0.6 is 0 Å². The van der Waals surface area contributed by atoms with E-state index in [0.29, 0.717) is 0 Å². The number of fused-ring (bicyclic) bond motifs is 1. The van der Waals surface area contributed by atoms with Gasteiger partial charge < -0.3 is 10.2 Å². The number of nitrogens with one attached hydrogen (secondary N) is 1. The summed E-state index contributed by atoms with van der Waals surface area (Å²) in [6, 6.07) is 1.81. The van der Waals surface area contributed by atoms with Crippen LogP contribution < -0.4 is 5.32 Å². The van der Waals surface area contributed by atoms with Crippen LogP contribution in [0.15, 0.2) is 0 Å². The predicted octanol–water partition coefficient (Wildman–Crippen LogP) is 3.17. The first-order valence-corrected chi connectivity index (χ1v) is 8.41. The molecule has 2 saturated heterocycles. The van der Waals surface area contributed by atoms with Gasteiger partial charge in [0.05, 0.1) is 0 Å². The number of piperidine rings is 1. The van der Waals surface area contributed by atoms with Gasteiger partial charge in [0, 0.05) is 12.1 Å². The molecular weight excluding hydrogens is 220 g/mol. The van der Waals surface area contributed by atoms with Crippen molar-refractivity contribution in [2.45, 2.75) is 76.3 Å². The lowest BCUT2D eigenvalue weighted by atomic mass is 9.85. The zero-order chi connectivity index (χ0) is 12.2. The largest absolute Gasteiger partial charge is 0.314 e. The minimum atomic E-state index is 0.837. The first-order chi connectivity index (χ1) is 8.93. The third kappa shape index (κ3) is 3.08. The van der Waals surface area contributed by atoms with E-state index in [1.165, 1.54) is 83.8 Å². The zero-order valence-electron chi connectivity index (χ0n) is 11.9. The smallest absolute Gasteiger partial charge is 0.0124 e. The Morgan fingerprint density at radius 2 is 1.83 bits per heavy atom. The molecule has 0 spiro atoms. The Balaban J connectivity index is 1.37. The Bertz CT molecular complexity index is 247. The average Bonchev–Trinajstić information content (AvgIpc) is 2.84. The molecule has 2 heteroatoms. The minimum absolute atomic E-state index is 0.837. The van der Waals surface area contributed by atoms with E-state index in [4.69, 9.17) is 0 Å². The molecule has 3 aliphatic rings. The van der Waals surface area contributed by atoms with E-state index in [1.807, 2.05) is 0 Å². The first-order valence-electron chi connectivity index (χ1n) is 8.41. The predicted molar refractivity (Wildman–Crippen MR) is 76.8 cm³/mol. The van der Waals surface area contributed by atoms with Crippen molar-refractivity contribution in [3.63, 3.8) is 0 Å². The molecule has 0 aromatic carbocycles. The molecule has 3 rings (SSSR count). The van der Waals surface area contributed by atoms with E-state index < -0.39 is 0 Å². The van der Waals surface area contributed by atoms with Gasteiger partial charge in [0.1, 0.15) is 0 Å². The van der Waals surface area contributed by atoms with Crippen LogP contribution in [0.5, 0.6) is 0 Å². The molecule has 1 aliphatic carbocycles. The van der Waals surface area contributed by atoms with E-state index >= 15 is 0 Å². The maximum atomic E-state index is 3.68. The zero-order valence-corrected chi connectivity index (χ0v) is 11.9. The normalized spacial score (nSPS) is 37.7. The Kier molecular flexibility index (Phi) is 4.58. The molecule has 3 fully saturated rings. The fourth-order valence-electron chi connectivity index (χ4n) is 4.49. The minimum Gasteiger partial charge on any atom is -0.314 e. The number of hydrogen-bond acceptors (Lipinski definition) is 2. The molecule has 3 unspecified atom stereocenters. The average molecular weight is 250 g/mol. The second-order valence-corrected chi connectivity index (χ2v) is 6.73. The highest BCUT2D eigenvalue weighted by Gasteiger charge is 2.34. The molecular formula is C16H30N2. The van der Waals surface area contributed by atoms with E-state index in [0.717, 1.165) is 18.0 Å². The quantitative estimate of drug-likeness (QED) is 0.824. The molecule has 2 nitrogen and oxygen atoms in total. The van der Waals surface area contributed by atoms with E-state index in [2.05, 4.69) is 10.2 Å². The van der Waals surface area contributed by atoms with Crippen LogP contribution in [-0.4, -0.2) is 36.6 Å². The van der Waals surface area contributed by atoms with Gasteiger partial charge in [-0.15, -0.1) is 0 Å². The van der Waals surface area contributed by atoms with Crippen LogP contribution in [0.4, 0.5) is 0 Å². The fourth-order valence-corrected chi connectivity index (χ4v) is 4.49. The highest BCUT2D eigenvalue weighted by atomic mass is 15.2. The molecule has 0 aromatic rings. The maximum absolute atomic E-state index is 3.68. The van der Waals surface area contributed by atoms with Crippen LogP contribution in [0.2, 0.25) is 0 Å². The van der Waals surface area contributed by atoms with Crippen molar-refractivity contribution in [1.29, 1.82) is 0 Å². The van der Waals surface area contributed by atoms with Crippen molar-refractivity contribution < 1.29 is 0 Å². The van der Waals surface area contributed by atoms with Gasteiger partial charge in [-0.3, -0.25) is 0 Å². The molecule has 104 valence electrons. The molecule has 0 radical (unpaired) electrons. The number of likely N-dealkylation sites (tertiary alicyclic amines) is 1. The van der Waals surface area contributed by atoms with Crippen molar-refractivity contribution in [3.8, 4) is 0 Å². The van der Waals surface area contributed by atoms with Gasteiger partial charge in [0.25, 0.3) is 0 Å². The van der Waals surface area contributed by atoms with Gasteiger partial charge in [-0.2, -0.15) is 0 Å². The molecule has 1 saturated carbocycles. The highest BCUT2D eigenvalue weighted by molar-refractivity contribution is 4.89. The topological polar surface area (TPSA) is 15.3 Å². The Morgan fingerprint density at radius 3 is 2.72 bits per heavy atom. The summed E-state index contributed by atoms with van der Waals surface area (Å²) in [5, 5.41) is 3.68. The van der Waals surface area contributed by atoms with Crippen molar-refractivity contribution in [1.82, 2.24) is 10.2 Å². The van der Waals surface area contributed by atoms with E-state index in [-0.39, 0.29) is 0 Å². The second-order valence-electron chi connectivity index (χ2n) is 6.73. The van der Waals surface area contributed by atoms with E-state index in [9.17, 15) is 0 Å². The summed E-state index contributed by atoms with van der Waals surface area (Å²) in [7, 11) is 0. The number of hydrogen-bond donors (Lipinski definition) is 1. The van der Waals surface area contributed by atoms with Gasteiger partial charge in [0.2, 0.25) is 0 Å². The van der Waals surface area contributed by atoms with Gasteiger partial charge in [0.15, 0.2) is 0 Å². The van der Waals surface area contributed by atoms with Crippen LogP contribution in [0.1, 0.15) is 64.2 Å². The molecule has 1 N–H and O–H groups in total. The summed E-state index contributed by atoms with van der Waals surface area (Å²) in [5.41, 5.74) is 0. The second kappa shape index (κ2) is 6.38.